The molecule has 0 unspecified atom stereocenters. The van der Waals surface area contributed by atoms with Crippen molar-refractivity contribution in [1.29, 1.82) is 0 Å². The van der Waals surface area contributed by atoms with Gasteiger partial charge in [-0.05, 0) is 19.1 Å². The van der Waals surface area contributed by atoms with E-state index in [1.165, 1.54) is 5.56 Å². The smallest absolute Gasteiger partial charge is 0.222 e. The van der Waals surface area contributed by atoms with Crippen LogP contribution in [0.4, 0.5) is 5.69 Å². The van der Waals surface area contributed by atoms with Crippen LogP contribution in [-0.4, -0.2) is 11.8 Å². The van der Waals surface area contributed by atoms with Gasteiger partial charge < -0.3 is 11.5 Å². The Labute approximate surface area is 102 Å². The number of rotatable bonds is 1. The van der Waals surface area contributed by atoms with E-state index in [9.17, 15) is 0 Å². The molecule has 1 rings (SSSR count). The maximum Gasteiger partial charge on any atom is 0.222 e. The van der Waals surface area contributed by atoms with Crippen LogP contribution in [0, 0.1) is 12.3 Å². The van der Waals surface area contributed by atoms with E-state index in [-0.39, 0.29) is 11.4 Å². The lowest BCUT2D eigenvalue weighted by Gasteiger charge is -2.16. The third-order valence-corrected chi connectivity index (χ3v) is 2.28. The predicted molar refractivity (Wildman–Crippen MR) is 73.5 cm³/mol. The van der Waals surface area contributed by atoms with Crippen LogP contribution in [0.3, 0.4) is 0 Å². The highest BCUT2D eigenvalue weighted by Crippen LogP contribution is 2.14. The van der Waals surface area contributed by atoms with Crippen molar-refractivity contribution in [3.63, 3.8) is 0 Å². The first-order valence-corrected chi connectivity index (χ1v) is 5.54. The Morgan fingerprint density at radius 2 is 1.59 bits per heavy atom. The summed E-state index contributed by atoms with van der Waals surface area (Å²) in [4.78, 5) is 8.27. The number of aliphatic imine (C=N–C) groups is 2. The maximum atomic E-state index is 5.82. The Morgan fingerprint density at radius 3 is 2.06 bits per heavy atom. The van der Waals surface area contributed by atoms with Gasteiger partial charge in [-0.15, -0.1) is 0 Å². The van der Waals surface area contributed by atoms with Crippen LogP contribution in [-0.2, 0) is 0 Å². The van der Waals surface area contributed by atoms with Crippen molar-refractivity contribution in [2.45, 2.75) is 27.7 Å². The summed E-state index contributed by atoms with van der Waals surface area (Å²) in [5, 5.41) is 0. The molecule has 0 fully saturated rings. The van der Waals surface area contributed by atoms with Crippen LogP contribution in [0.15, 0.2) is 34.3 Å². The highest BCUT2D eigenvalue weighted by molar-refractivity contribution is 5.97. The van der Waals surface area contributed by atoms with E-state index in [0.717, 1.165) is 5.69 Å². The second-order valence-corrected chi connectivity index (χ2v) is 5.05. The molecular weight excluding hydrogens is 212 g/mol. The number of guanidine groups is 1. The highest BCUT2D eigenvalue weighted by Gasteiger charge is 2.15. The quantitative estimate of drug-likeness (QED) is 0.576. The zero-order valence-electron chi connectivity index (χ0n) is 10.9. The first kappa shape index (κ1) is 13.2. The third kappa shape index (κ3) is 4.26. The SMILES string of the molecule is Cc1ccc(N=C(N)/N=C(\N)C(C)(C)C)cc1. The molecule has 0 saturated carbocycles. The fourth-order valence-electron chi connectivity index (χ4n) is 1.07. The average Bonchev–Trinajstić information content (AvgIpc) is 2.20. The van der Waals surface area contributed by atoms with Crippen molar-refractivity contribution in [2.24, 2.45) is 26.9 Å². The van der Waals surface area contributed by atoms with Crippen LogP contribution >= 0.6 is 0 Å². The molecule has 0 spiro atoms. The van der Waals surface area contributed by atoms with Gasteiger partial charge in [0.05, 0.1) is 5.69 Å². The Balaban J connectivity index is 2.90. The third-order valence-electron chi connectivity index (χ3n) is 2.28. The summed E-state index contributed by atoms with van der Waals surface area (Å²) in [6.45, 7) is 7.95. The fourth-order valence-corrected chi connectivity index (χ4v) is 1.07. The predicted octanol–water partition coefficient (Wildman–Crippen LogP) is 2.34. The van der Waals surface area contributed by atoms with Crippen molar-refractivity contribution in [3.05, 3.63) is 29.8 Å². The minimum absolute atomic E-state index is 0.182. The lowest BCUT2D eigenvalue weighted by Crippen LogP contribution is -2.31. The highest BCUT2D eigenvalue weighted by atomic mass is 15.1. The van der Waals surface area contributed by atoms with Gasteiger partial charge >= 0.3 is 0 Å². The monoisotopic (exact) mass is 232 g/mol. The molecule has 1 aromatic rings. The summed E-state index contributed by atoms with van der Waals surface area (Å²) < 4.78 is 0. The summed E-state index contributed by atoms with van der Waals surface area (Å²) in [6, 6.07) is 7.74. The molecule has 92 valence electrons. The van der Waals surface area contributed by atoms with E-state index < -0.39 is 0 Å². The molecule has 0 heterocycles. The lowest BCUT2D eigenvalue weighted by atomic mass is 9.95. The average molecular weight is 232 g/mol. The van der Waals surface area contributed by atoms with E-state index in [1.807, 2.05) is 52.0 Å². The van der Waals surface area contributed by atoms with Gasteiger partial charge in [0.2, 0.25) is 5.96 Å². The van der Waals surface area contributed by atoms with Crippen LogP contribution in [0.2, 0.25) is 0 Å². The van der Waals surface area contributed by atoms with Crippen molar-refractivity contribution in [3.8, 4) is 0 Å². The summed E-state index contributed by atoms with van der Waals surface area (Å²) in [5.74, 6) is 0.659. The molecule has 0 aliphatic carbocycles. The number of benzene rings is 1. The molecule has 0 atom stereocenters. The van der Waals surface area contributed by atoms with E-state index in [2.05, 4.69) is 9.98 Å². The van der Waals surface area contributed by atoms with Crippen LogP contribution in [0.1, 0.15) is 26.3 Å². The lowest BCUT2D eigenvalue weighted by molar-refractivity contribution is 0.585. The summed E-state index contributed by atoms with van der Waals surface area (Å²) in [7, 11) is 0. The van der Waals surface area contributed by atoms with Crippen LogP contribution < -0.4 is 11.5 Å². The van der Waals surface area contributed by atoms with Gasteiger partial charge in [-0.1, -0.05) is 38.5 Å². The number of hydrogen-bond acceptors (Lipinski definition) is 1. The number of nitrogens with two attached hydrogens (primary N) is 2. The molecule has 0 radical (unpaired) electrons. The van der Waals surface area contributed by atoms with Gasteiger partial charge in [0.15, 0.2) is 0 Å². The molecule has 0 aliphatic heterocycles. The molecule has 0 aliphatic rings. The molecular formula is C13H20N4. The second-order valence-electron chi connectivity index (χ2n) is 5.05. The molecule has 0 amide bonds. The van der Waals surface area contributed by atoms with Gasteiger partial charge in [0.1, 0.15) is 5.84 Å². The molecule has 4 N–H and O–H groups in total. The first-order chi connectivity index (χ1) is 7.79. The van der Waals surface area contributed by atoms with Crippen LogP contribution in [0.5, 0.6) is 0 Å². The molecule has 4 nitrogen and oxygen atoms in total. The minimum atomic E-state index is -0.201. The van der Waals surface area contributed by atoms with Crippen molar-refractivity contribution < 1.29 is 0 Å². The molecule has 4 heteroatoms. The van der Waals surface area contributed by atoms with E-state index >= 15 is 0 Å². The molecule has 0 bridgehead atoms. The van der Waals surface area contributed by atoms with Crippen molar-refractivity contribution in [2.75, 3.05) is 0 Å². The first-order valence-electron chi connectivity index (χ1n) is 5.54. The van der Waals surface area contributed by atoms with Gasteiger partial charge in [-0.3, -0.25) is 0 Å². The number of amidine groups is 1. The normalized spacial score (nSPS) is 13.9. The van der Waals surface area contributed by atoms with Gasteiger partial charge in [-0.2, -0.15) is 0 Å². The maximum absolute atomic E-state index is 5.82. The Bertz CT molecular complexity index is 435. The van der Waals surface area contributed by atoms with Crippen molar-refractivity contribution >= 4 is 17.5 Å². The summed E-state index contributed by atoms with van der Waals surface area (Å²) >= 11 is 0. The van der Waals surface area contributed by atoms with Gasteiger partial charge in [0.25, 0.3) is 0 Å². The summed E-state index contributed by atoms with van der Waals surface area (Å²) in [6.07, 6.45) is 0. The zero-order valence-corrected chi connectivity index (χ0v) is 10.9. The largest absolute Gasteiger partial charge is 0.387 e. The molecule has 1 aromatic carbocycles. The number of aryl methyl sites for hydroxylation is 1. The molecule has 17 heavy (non-hydrogen) atoms. The Hall–Kier alpha value is -1.84. The minimum Gasteiger partial charge on any atom is -0.387 e. The molecule has 0 saturated heterocycles. The fraction of sp³-hybridized carbons (Fsp3) is 0.385. The standard InChI is InChI=1S/C13H20N4/c1-9-5-7-10(8-6-9)16-12(15)17-11(14)13(2,3)4/h5-8H,1-4H3,(H4,14,15,16,17). The Kier molecular flexibility index (Phi) is 3.89. The Morgan fingerprint density at radius 1 is 1.06 bits per heavy atom. The van der Waals surface area contributed by atoms with Gasteiger partial charge in [-0.25, -0.2) is 9.98 Å². The number of hydrogen-bond donors (Lipinski definition) is 2. The topological polar surface area (TPSA) is 76.8 Å². The van der Waals surface area contributed by atoms with Gasteiger partial charge in [0, 0.05) is 5.41 Å². The number of nitrogens with zero attached hydrogens (tertiary/aromatic N) is 2. The molecule has 0 aromatic heterocycles. The second kappa shape index (κ2) is 4.99. The summed E-state index contributed by atoms with van der Waals surface area (Å²) in [5.41, 5.74) is 13.3. The van der Waals surface area contributed by atoms with E-state index in [0.29, 0.717) is 5.84 Å². The van der Waals surface area contributed by atoms with Crippen LogP contribution in [0.25, 0.3) is 0 Å². The van der Waals surface area contributed by atoms with Crippen molar-refractivity contribution in [1.82, 2.24) is 0 Å². The van der Waals surface area contributed by atoms with E-state index in [4.69, 9.17) is 11.5 Å². The zero-order chi connectivity index (χ0) is 13.1. The van der Waals surface area contributed by atoms with E-state index in [1.54, 1.807) is 0 Å².